The lowest BCUT2D eigenvalue weighted by atomic mass is 9.80. The number of thiazole rings is 1. The van der Waals surface area contributed by atoms with Gasteiger partial charge >= 0.3 is 5.97 Å². The van der Waals surface area contributed by atoms with Crippen molar-refractivity contribution < 1.29 is 14.7 Å². The first-order valence-electron chi connectivity index (χ1n) is 7.27. The fraction of sp³-hybridized carbons (Fsp3) is 0.667. The van der Waals surface area contributed by atoms with Gasteiger partial charge in [0.2, 0.25) is 5.91 Å². The highest BCUT2D eigenvalue weighted by molar-refractivity contribution is 7.09. The molecule has 0 spiro atoms. The number of carbonyl (C=O) groups is 2. The van der Waals surface area contributed by atoms with E-state index in [2.05, 4.69) is 10.3 Å². The first-order chi connectivity index (χ1) is 9.79. The Hall–Kier alpha value is -1.43. The number of nitrogens with zero attached hydrogens (tertiary/aromatic N) is 1. The number of amides is 1. The predicted molar refractivity (Wildman–Crippen MR) is 81.1 cm³/mol. The fourth-order valence-electron chi connectivity index (χ4n) is 2.76. The van der Waals surface area contributed by atoms with Gasteiger partial charge in [-0.2, -0.15) is 0 Å². The van der Waals surface area contributed by atoms with E-state index in [4.69, 9.17) is 5.11 Å². The van der Waals surface area contributed by atoms with Gasteiger partial charge in [0.25, 0.3) is 0 Å². The zero-order valence-corrected chi connectivity index (χ0v) is 13.5. The third-order valence-electron chi connectivity index (χ3n) is 3.98. The lowest BCUT2D eigenvalue weighted by molar-refractivity contribution is -0.144. The molecule has 21 heavy (non-hydrogen) atoms. The van der Waals surface area contributed by atoms with Gasteiger partial charge in [-0.3, -0.25) is 9.59 Å². The van der Waals surface area contributed by atoms with Gasteiger partial charge in [0.1, 0.15) is 5.01 Å². The molecule has 1 aliphatic carbocycles. The summed E-state index contributed by atoms with van der Waals surface area (Å²) in [7, 11) is 0. The third-order valence-corrected chi connectivity index (χ3v) is 5.27. The maximum atomic E-state index is 12.4. The van der Waals surface area contributed by atoms with Crippen LogP contribution in [0.5, 0.6) is 0 Å². The highest BCUT2D eigenvalue weighted by atomic mass is 32.1. The topological polar surface area (TPSA) is 79.3 Å². The first kappa shape index (κ1) is 15.9. The van der Waals surface area contributed by atoms with Crippen molar-refractivity contribution in [3.05, 3.63) is 16.1 Å². The summed E-state index contributed by atoms with van der Waals surface area (Å²) >= 11 is 1.53. The van der Waals surface area contributed by atoms with E-state index in [1.165, 1.54) is 11.3 Å². The second kappa shape index (κ2) is 6.13. The molecule has 1 amide bonds. The van der Waals surface area contributed by atoms with Crippen LogP contribution in [0.25, 0.3) is 0 Å². The molecule has 2 N–H and O–H groups in total. The van der Waals surface area contributed by atoms with Crippen LogP contribution >= 0.6 is 11.3 Å². The second-order valence-corrected chi connectivity index (χ2v) is 7.17. The number of carbonyl (C=O) groups excluding carboxylic acids is 1. The molecule has 1 aliphatic rings. The largest absolute Gasteiger partial charge is 0.481 e. The standard InChI is InChI=1S/C15H22N2O3S/c1-9-8-21-14(16-9)15(2,3)17-12(18)10-5-4-6-11(7-10)13(19)20/h8,10-11H,4-7H2,1-3H3,(H,17,18)(H,19,20). The van der Waals surface area contributed by atoms with Gasteiger partial charge in [0, 0.05) is 17.0 Å². The lowest BCUT2D eigenvalue weighted by Crippen LogP contribution is -2.45. The normalized spacial score (nSPS) is 22.8. The van der Waals surface area contributed by atoms with E-state index in [-0.39, 0.29) is 17.7 Å². The molecule has 2 unspecified atom stereocenters. The van der Waals surface area contributed by atoms with Crippen LogP contribution in [0.1, 0.15) is 50.2 Å². The Labute approximate surface area is 128 Å². The van der Waals surface area contributed by atoms with Crippen LogP contribution in [0.15, 0.2) is 5.38 Å². The number of aliphatic carboxylic acids is 1. The minimum atomic E-state index is -0.790. The summed E-state index contributed by atoms with van der Waals surface area (Å²) in [5.74, 6) is -1.44. The summed E-state index contributed by atoms with van der Waals surface area (Å²) in [5, 5.41) is 15.0. The van der Waals surface area contributed by atoms with Crippen molar-refractivity contribution in [3.8, 4) is 0 Å². The molecule has 1 fully saturated rings. The molecule has 2 rings (SSSR count). The Morgan fingerprint density at radius 1 is 1.38 bits per heavy atom. The molecule has 1 aromatic heterocycles. The maximum Gasteiger partial charge on any atom is 0.306 e. The number of nitrogens with one attached hydrogen (secondary N) is 1. The van der Waals surface area contributed by atoms with Gasteiger partial charge in [0.05, 0.1) is 11.5 Å². The molecule has 5 nitrogen and oxygen atoms in total. The number of aromatic nitrogens is 1. The van der Waals surface area contributed by atoms with Crippen molar-refractivity contribution in [2.24, 2.45) is 11.8 Å². The Kier molecular flexibility index (Phi) is 4.66. The SMILES string of the molecule is Cc1csc(C(C)(C)NC(=O)C2CCCC(C(=O)O)C2)n1. The minimum Gasteiger partial charge on any atom is -0.481 e. The Morgan fingerprint density at radius 2 is 2.05 bits per heavy atom. The van der Waals surface area contributed by atoms with E-state index in [1.807, 2.05) is 26.2 Å². The maximum absolute atomic E-state index is 12.4. The zero-order valence-electron chi connectivity index (χ0n) is 12.7. The molecule has 0 aliphatic heterocycles. The van der Waals surface area contributed by atoms with Crippen LogP contribution in [0, 0.1) is 18.8 Å². The van der Waals surface area contributed by atoms with E-state index >= 15 is 0 Å². The summed E-state index contributed by atoms with van der Waals surface area (Å²) < 4.78 is 0. The average Bonchev–Trinajstić information content (AvgIpc) is 2.86. The van der Waals surface area contributed by atoms with E-state index in [0.717, 1.165) is 23.5 Å². The van der Waals surface area contributed by atoms with E-state index in [0.29, 0.717) is 12.8 Å². The Balaban J connectivity index is 2.01. The Morgan fingerprint density at radius 3 is 2.62 bits per heavy atom. The number of aryl methyl sites for hydroxylation is 1. The summed E-state index contributed by atoms with van der Waals surface area (Å²) in [6.07, 6.45) is 2.68. The molecule has 6 heteroatoms. The summed E-state index contributed by atoms with van der Waals surface area (Å²) in [6, 6.07) is 0. The van der Waals surface area contributed by atoms with Gasteiger partial charge in [-0.05, 0) is 40.0 Å². The summed E-state index contributed by atoms with van der Waals surface area (Å²) in [6.45, 7) is 5.79. The second-order valence-electron chi connectivity index (χ2n) is 6.31. The summed E-state index contributed by atoms with van der Waals surface area (Å²) in [5.41, 5.74) is 0.424. The average molecular weight is 310 g/mol. The number of hydrogen-bond acceptors (Lipinski definition) is 4. The molecular formula is C15H22N2O3S. The van der Waals surface area contributed by atoms with Crippen LogP contribution in [0.3, 0.4) is 0 Å². The smallest absolute Gasteiger partial charge is 0.306 e. The summed E-state index contributed by atoms with van der Waals surface area (Å²) in [4.78, 5) is 28.0. The molecule has 2 atom stereocenters. The molecule has 1 saturated carbocycles. The number of rotatable bonds is 4. The van der Waals surface area contributed by atoms with Crippen LogP contribution < -0.4 is 5.32 Å². The van der Waals surface area contributed by atoms with Gasteiger partial charge in [-0.1, -0.05) is 6.42 Å². The van der Waals surface area contributed by atoms with Crippen molar-refractivity contribution >= 4 is 23.2 Å². The highest BCUT2D eigenvalue weighted by Gasteiger charge is 2.34. The van der Waals surface area contributed by atoms with Gasteiger partial charge in [-0.25, -0.2) is 4.98 Å². The molecular weight excluding hydrogens is 288 g/mol. The number of carboxylic acid groups (broad SMARTS) is 1. The monoisotopic (exact) mass is 310 g/mol. The highest BCUT2D eigenvalue weighted by Crippen LogP contribution is 2.31. The molecule has 116 valence electrons. The molecule has 0 radical (unpaired) electrons. The zero-order chi connectivity index (χ0) is 15.6. The molecule has 0 bridgehead atoms. The van der Waals surface area contributed by atoms with E-state index < -0.39 is 11.5 Å². The van der Waals surface area contributed by atoms with Crippen LogP contribution in [0.2, 0.25) is 0 Å². The van der Waals surface area contributed by atoms with Gasteiger partial charge in [-0.15, -0.1) is 11.3 Å². The number of carboxylic acids is 1. The minimum absolute atomic E-state index is 0.0567. The van der Waals surface area contributed by atoms with Crippen molar-refractivity contribution in [2.45, 2.75) is 52.0 Å². The molecule has 1 heterocycles. The number of hydrogen-bond donors (Lipinski definition) is 2. The van der Waals surface area contributed by atoms with Crippen LogP contribution in [-0.2, 0) is 15.1 Å². The van der Waals surface area contributed by atoms with Gasteiger partial charge in [0.15, 0.2) is 0 Å². The predicted octanol–water partition coefficient (Wildman–Crippen LogP) is 2.69. The fourth-order valence-corrected chi connectivity index (χ4v) is 3.63. The quantitative estimate of drug-likeness (QED) is 0.896. The van der Waals surface area contributed by atoms with Crippen molar-refractivity contribution in [3.63, 3.8) is 0 Å². The molecule has 1 aromatic rings. The molecule has 0 saturated heterocycles. The van der Waals surface area contributed by atoms with Crippen LogP contribution in [-0.4, -0.2) is 22.0 Å². The van der Waals surface area contributed by atoms with Crippen molar-refractivity contribution in [1.82, 2.24) is 10.3 Å². The van der Waals surface area contributed by atoms with E-state index in [9.17, 15) is 9.59 Å². The van der Waals surface area contributed by atoms with Crippen molar-refractivity contribution in [1.29, 1.82) is 0 Å². The van der Waals surface area contributed by atoms with E-state index in [1.54, 1.807) is 0 Å². The van der Waals surface area contributed by atoms with Crippen molar-refractivity contribution in [2.75, 3.05) is 0 Å². The van der Waals surface area contributed by atoms with Gasteiger partial charge < -0.3 is 10.4 Å². The Bertz CT molecular complexity index is 539. The molecule has 0 aromatic carbocycles. The lowest BCUT2D eigenvalue weighted by Gasteiger charge is -2.30. The third kappa shape index (κ3) is 3.81. The first-order valence-corrected chi connectivity index (χ1v) is 8.15. The van der Waals surface area contributed by atoms with Crippen LogP contribution in [0.4, 0.5) is 0 Å².